The van der Waals surface area contributed by atoms with E-state index in [-0.39, 0.29) is 5.91 Å². The number of aromatic nitrogens is 3. The number of thiophene rings is 1. The van der Waals surface area contributed by atoms with Gasteiger partial charge in [-0.2, -0.15) is 9.67 Å². The Bertz CT molecular complexity index is 1030. The first-order valence-electron chi connectivity index (χ1n) is 7.79. The molecule has 0 atom stereocenters. The maximum atomic E-state index is 12.8. The molecule has 1 N–H and O–H groups in total. The van der Waals surface area contributed by atoms with E-state index < -0.39 is 0 Å². The molecule has 0 aliphatic heterocycles. The number of nitrogens with one attached hydrogen (secondary N) is 1. The zero-order valence-corrected chi connectivity index (χ0v) is 15.0. The SMILES string of the molecule is O=C(c1cccs1)n1nc(-c2ccco2)nc1NCc1ccccc1Cl. The van der Waals surface area contributed by atoms with Gasteiger partial charge < -0.3 is 9.73 Å². The van der Waals surface area contributed by atoms with Gasteiger partial charge in [-0.05, 0) is 35.2 Å². The van der Waals surface area contributed by atoms with Crippen LogP contribution < -0.4 is 5.32 Å². The van der Waals surface area contributed by atoms with Crippen LogP contribution in [0.25, 0.3) is 11.6 Å². The number of hydrogen-bond donors (Lipinski definition) is 1. The van der Waals surface area contributed by atoms with Gasteiger partial charge in [-0.3, -0.25) is 4.79 Å². The zero-order chi connectivity index (χ0) is 17.9. The van der Waals surface area contributed by atoms with Crippen LogP contribution in [0.15, 0.2) is 64.6 Å². The Morgan fingerprint density at radius 3 is 2.81 bits per heavy atom. The molecule has 0 unspecified atom stereocenters. The van der Waals surface area contributed by atoms with Crippen LogP contribution in [0, 0.1) is 0 Å². The van der Waals surface area contributed by atoms with Gasteiger partial charge in [0.2, 0.25) is 11.8 Å². The molecule has 0 bridgehead atoms. The molecule has 4 rings (SSSR count). The predicted molar refractivity (Wildman–Crippen MR) is 101 cm³/mol. The number of carbonyl (C=O) groups is 1. The van der Waals surface area contributed by atoms with E-state index in [1.165, 1.54) is 22.3 Å². The van der Waals surface area contributed by atoms with Crippen molar-refractivity contribution in [3.63, 3.8) is 0 Å². The number of nitrogens with zero attached hydrogens (tertiary/aromatic N) is 3. The van der Waals surface area contributed by atoms with Crippen molar-refractivity contribution in [3.05, 3.63) is 75.6 Å². The van der Waals surface area contributed by atoms with Crippen molar-refractivity contribution >= 4 is 34.8 Å². The van der Waals surface area contributed by atoms with Crippen LogP contribution in [-0.2, 0) is 6.54 Å². The average Bonchev–Trinajstić information content (AvgIpc) is 3.41. The zero-order valence-electron chi connectivity index (χ0n) is 13.4. The largest absolute Gasteiger partial charge is 0.461 e. The molecular formula is C18H13ClN4O2S. The maximum Gasteiger partial charge on any atom is 0.291 e. The number of rotatable bonds is 5. The fourth-order valence-electron chi connectivity index (χ4n) is 2.40. The Morgan fingerprint density at radius 1 is 1.19 bits per heavy atom. The first-order valence-corrected chi connectivity index (χ1v) is 9.04. The Kier molecular flexibility index (Phi) is 4.55. The van der Waals surface area contributed by atoms with E-state index in [1.807, 2.05) is 35.7 Å². The Labute approximate surface area is 158 Å². The summed E-state index contributed by atoms with van der Waals surface area (Å²) in [4.78, 5) is 17.8. The van der Waals surface area contributed by atoms with Crippen LogP contribution in [0.3, 0.4) is 0 Å². The second kappa shape index (κ2) is 7.15. The van der Waals surface area contributed by atoms with Gasteiger partial charge in [-0.1, -0.05) is 35.9 Å². The van der Waals surface area contributed by atoms with Gasteiger partial charge in [0.1, 0.15) is 0 Å². The molecule has 0 spiro atoms. The topological polar surface area (TPSA) is 73.0 Å². The Morgan fingerprint density at radius 2 is 2.08 bits per heavy atom. The minimum atomic E-state index is -0.257. The molecule has 0 radical (unpaired) electrons. The van der Waals surface area contributed by atoms with Gasteiger partial charge in [-0.15, -0.1) is 16.4 Å². The second-order valence-corrected chi connectivity index (χ2v) is 6.73. The highest BCUT2D eigenvalue weighted by molar-refractivity contribution is 7.12. The summed E-state index contributed by atoms with van der Waals surface area (Å²) in [5.41, 5.74) is 0.895. The lowest BCUT2D eigenvalue weighted by molar-refractivity contribution is 0.0951. The van der Waals surface area contributed by atoms with Crippen LogP contribution in [-0.4, -0.2) is 20.7 Å². The van der Waals surface area contributed by atoms with E-state index in [2.05, 4.69) is 15.4 Å². The number of furan rings is 1. The predicted octanol–water partition coefficient (Wildman–Crippen LogP) is 4.55. The lowest BCUT2D eigenvalue weighted by Gasteiger charge is -2.07. The molecule has 130 valence electrons. The van der Waals surface area contributed by atoms with Crippen molar-refractivity contribution in [1.82, 2.24) is 14.8 Å². The van der Waals surface area contributed by atoms with Crippen LogP contribution in [0.2, 0.25) is 5.02 Å². The maximum absolute atomic E-state index is 12.8. The van der Waals surface area contributed by atoms with Gasteiger partial charge in [0.05, 0.1) is 11.1 Å². The Balaban J connectivity index is 1.67. The molecule has 0 aliphatic rings. The fourth-order valence-corrected chi connectivity index (χ4v) is 3.25. The van der Waals surface area contributed by atoms with E-state index >= 15 is 0 Å². The van der Waals surface area contributed by atoms with Crippen molar-refractivity contribution in [2.45, 2.75) is 6.54 Å². The van der Waals surface area contributed by atoms with E-state index in [1.54, 1.807) is 18.2 Å². The van der Waals surface area contributed by atoms with Crippen molar-refractivity contribution in [2.24, 2.45) is 0 Å². The molecule has 1 aromatic carbocycles. The van der Waals surface area contributed by atoms with Crippen molar-refractivity contribution in [2.75, 3.05) is 5.32 Å². The molecule has 6 nitrogen and oxygen atoms in total. The summed E-state index contributed by atoms with van der Waals surface area (Å²) >= 11 is 7.55. The fraction of sp³-hybridized carbons (Fsp3) is 0.0556. The third-order valence-electron chi connectivity index (χ3n) is 3.67. The lowest BCUT2D eigenvalue weighted by atomic mass is 10.2. The summed E-state index contributed by atoms with van der Waals surface area (Å²) in [5, 5.41) is 9.94. The van der Waals surface area contributed by atoms with E-state index in [9.17, 15) is 4.79 Å². The summed E-state index contributed by atoms with van der Waals surface area (Å²) in [6.07, 6.45) is 1.54. The summed E-state index contributed by atoms with van der Waals surface area (Å²) in [6.45, 7) is 0.410. The lowest BCUT2D eigenvalue weighted by Crippen LogP contribution is -2.16. The third kappa shape index (κ3) is 3.26. The average molecular weight is 385 g/mol. The molecule has 0 saturated heterocycles. The third-order valence-corrected chi connectivity index (χ3v) is 4.89. The molecule has 0 amide bonds. The van der Waals surface area contributed by atoms with Crippen LogP contribution in [0.4, 0.5) is 5.95 Å². The molecule has 3 aromatic heterocycles. The number of halogens is 1. The number of carbonyl (C=O) groups excluding carboxylic acids is 1. The Hall–Kier alpha value is -2.90. The van der Waals surface area contributed by atoms with Crippen LogP contribution in [0.1, 0.15) is 15.2 Å². The highest BCUT2D eigenvalue weighted by atomic mass is 35.5. The van der Waals surface area contributed by atoms with Crippen LogP contribution in [0.5, 0.6) is 0 Å². The van der Waals surface area contributed by atoms with Crippen molar-refractivity contribution in [1.29, 1.82) is 0 Å². The normalized spacial score (nSPS) is 10.8. The molecule has 0 aliphatic carbocycles. The standard InChI is InChI=1S/C18H13ClN4O2S/c19-13-6-2-1-5-12(13)11-20-18-21-16(14-7-3-9-25-14)22-23(18)17(24)15-8-4-10-26-15/h1-10H,11H2,(H,20,21,22). The van der Waals surface area contributed by atoms with Gasteiger partial charge in [0.15, 0.2) is 5.76 Å². The molecular weight excluding hydrogens is 372 g/mol. The summed E-state index contributed by atoms with van der Waals surface area (Å²) in [6, 6.07) is 14.5. The smallest absolute Gasteiger partial charge is 0.291 e. The second-order valence-electron chi connectivity index (χ2n) is 5.38. The van der Waals surface area contributed by atoms with Crippen LogP contribution >= 0.6 is 22.9 Å². The highest BCUT2D eigenvalue weighted by Gasteiger charge is 2.20. The van der Waals surface area contributed by atoms with E-state index in [0.717, 1.165) is 5.56 Å². The highest BCUT2D eigenvalue weighted by Crippen LogP contribution is 2.22. The van der Waals surface area contributed by atoms with Gasteiger partial charge in [-0.25, -0.2) is 0 Å². The number of anilines is 1. The summed E-state index contributed by atoms with van der Waals surface area (Å²) < 4.78 is 6.59. The summed E-state index contributed by atoms with van der Waals surface area (Å²) in [5.74, 6) is 0.895. The van der Waals surface area contributed by atoms with E-state index in [4.69, 9.17) is 16.0 Å². The molecule has 0 fully saturated rings. The number of hydrogen-bond acceptors (Lipinski definition) is 6. The van der Waals surface area contributed by atoms with Crippen molar-refractivity contribution < 1.29 is 9.21 Å². The molecule has 4 aromatic rings. The molecule has 3 heterocycles. The summed E-state index contributed by atoms with van der Waals surface area (Å²) in [7, 11) is 0. The molecule has 26 heavy (non-hydrogen) atoms. The number of benzene rings is 1. The first kappa shape index (κ1) is 16.6. The minimum Gasteiger partial charge on any atom is -0.461 e. The monoisotopic (exact) mass is 384 g/mol. The molecule has 8 heteroatoms. The minimum absolute atomic E-state index is 0.257. The van der Waals surface area contributed by atoms with Crippen molar-refractivity contribution in [3.8, 4) is 11.6 Å². The van der Waals surface area contributed by atoms with Gasteiger partial charge in [0.25, 0.3) is 5.91 Å². The van der Waals surface area contributed by atoms with E-state index in [0.29, 0.717) is 34.0 Å². The quantitative estimate of drug-likeness (QED) is 0.546. The molecule has 0 saturated carbocycles. The van der Waals surface area contributed by atoms with Gasteiger partial charge >= 0.3 is 0 Å². The van der Waals surface area contributed by atoms with Gasteiger partial charge in [0, 0.05) is 11.6 Å². The first-order chi connectivity index (χ1) is 12.7.